The molecule has 0 spiro atoms. The van der Waals surface area contributed by atoms with E-state index in [4.69, 9.17) is 4.43 Å². The van der Waals surface area contributed by atoms with Gasteiger partial charge in [0.1, 0.15) is 13.8 Å². The number of hydrogen-bond acceptors (Lipinski definition) is 1. The van der Waals surface area contributed by atoms with Crippen molar-refractivity contribution in [1.82, 2.24) is 0 Å². The Morgan fingerprint density at radius 3 is 2.20 bits per heavy atom. The largest absolute Gasteiger partial charge is 0.540 e. The van der Waals surface area contributed by atoms with E-state index in [1.807, 2.05) is 0 Å². The Balaban J connectivity index is 2.40. The number of para-hydroxylation sites is 1. The minimum absolute atomic E-state index is 1.12. The first kappa shape index (κ1) is 13.6. The van der Waals surface area contributed by atoms with Gasteiger partial charge in [0, 0.05) is 0 Å². The van der Waals surface area contributed by atoms with Crippen LogP contribution in [0.1, 0.15) is 5.56 Å². The molecule has 1 heterocycles. The minimum atomic E-state index is -1.91. The third-order valence-electron chi connectivity index (χ3n) is 4.47. The van der Waals surface area contributed by atoms with Crippen molar-refractivity contribution >= 4 is 32.0 Å². The molecule has 0 radical (unpaired) electrons. The first-order valence-electron chi connectivity index (χ1n) is 7.23. The van der Waals surface area contributed by atoms with Crippen LogP contribution < -0.4 is 20.0 Å². The maximum absolute atomic E-state index is 6.56. The van der Waals surface area contributed by atoms with Crippen molar-refractivity contribution in [2.75, 3.05) is 0 Å². The molecular formula is C17H22OSi2. The van der Waals surface area contributed by atoms with Crippen LogP contribution in [0.25, 0.3) is 0 Å². The standard InChI is InChI=1S/C17H22OSi2/c1-13-9-8-12-16-17(13)20(4,5)18-14-10-6-7-11-15(14)19(16,2)3/h6-12H,1-5H3. The van der Waals surface area contributed by atoms with Crippen LogP contribution in [0.5, 0.6) is 5.75 Å². The molecule has 0 atom stereocenters. The summed E-state index contributed by atoms with van der Waals surface area (Å²) in [7, 11) is -3.60. The summed E-state index contributed by atoms with van der Waals surface area (Å²) >= 11 is 0. The highest BCUT2D eigenvalue weighted by Crippen LogP contribution is 2.23. The van der Waals surface area contributed by atoms with Gasteiger partial charge in [-0.2, -0.15) is 0 Å². The average molecular weight is 299 g/mol. The van der Waals surface area contributed by atoms with Crippen molar-refractivity contribution < 1.29 is 4.43 Å². The summed E-state index contributed by atoms with van der Waals surface area (Å²) in [5.41, 5.74) is 1.40. The highest BCUT2D eigenvalue weighted by Gasteiger charge is 2.42. The smallest absolute Gasteiger partial charge is 0.277 e. The Bertz CT molecular complexity index is 674. The van der Waals surface area contributed by atoms with Crippen LogP contribution in [0.15, 0.2) is 42.5 Å². The van der Waals surface area contributed by atoms with Crippen molar-refractivity contribution in [3.63, 3.8) is 0 Å². The molecule has 3 rings (SSSR count). The van der Waals surface area contributed by atoms with Crippen LogP contribution in [-0.2, 0) is 0 Å². The van der Waals surface area contributed by atoms with Crippen LogP contribution in [-0.4, -0.2) is 16.4 Å². The molecule has 20 heavy (non-hydrogen) atoms. The van der Waals surface area contributed by atoms with E-state index >= 15 is 0 Å². The van der Waals surface area contributed by atoms with E-state index in [9.17, 15) is 0 Å². The first-order valence-corrected chi connectivity index (χ1v) is 13.1. The molecule has 0 fully saturated rings. The number of hydrogen-bond donors (Lipinski definition) is 0. The number of aryl methyl sites for hydroxylation is 1. The quantitative estimate of drug-likeness (QED) is 0.679. The molecule has 0 bridgehead atoms. The van der Waals surface area contributed by atoms with Gasteiger partial charge in [-0.25, -0.2) is 0 Å². The second-order valence-corrected chi connectivity index (χ2v) is 14.8. The maximum Gasteiger partial charge on any atom is 0.277 e. The van der Waals surface area contributed by atoms with Crippen molar-refractivity contribution in [2.45, 2.75) is 33.1 Å². The van der Waals surface area contributed by atoms with Crippen molar-refractivity contribution in [3.8, 4) is 5.75 Å². The van der Waals surface area contributed by atoms with Crippen LogP contribution in [0, 0.1) is 6.92 Å². The Morgan fingerprint density at radius 2 is 1.45 bits per heavy atom. The van der Waals surface area contributed by atoms with Crippen LogP contribution in [0.4, 0.5) is 0 Å². The predicted molar refractivity (Wildman–Crippen MR) is 92.1 cm³/mol. The van der Waals surface area contributed by atoms with E-state index in [0.717, 1.165) is 5.75 Å². The lowest BCUT2D eigenvalue weighted by molar-refractivity contribution is 0.569. The molecule has 3 heteroatoms. The Labute approximate surface area is 123 Å². The third kappa shape index (κ3) is 1.88. The van der Waals surface area contributed by atoms with E-state index in [0.29, 0.717) is 0 Å². The monoisotopic (exact) mass is 298 g/mol. The molecule has 1 nitrogen and oxygen atoms in total. The van der Waals surface area contributed by atoms with E-state index in [-0.39, 0.29) is 0 Å². The van der Waals surface area contributed by atoms with E-state index in [1.54, 1.807) is 5.19 Å². The zero-order valence-electron chi connectivity index (χ0n) is 12.9. The zero-order chi connectivity index (χ0) is 14.5. The van der Waals surface area contributed by atoms with Crippen molar-refractivity contribution in [3.05, 3.63) is 48.0 Å². The molecule has 0 unspecified atom stereocenters. The topological polar surface area (TPSA) is 9.23 Å². The van der Waals surface area contributed by atoms with Gasteiger partial charge >= 0.3 is 0 Å². The van der Waals surface area contributed by atoms with Gasteiger partial charge < -0.3 is 4.43 Å². The molecule has 2 aromatic carbocycles. The molecule has 0 saturated carbocycles. The molecular weight excluding hydrogens is 276 g/mol. The molecule has 2 aromatic rings. The third-order valence-corrected chi connectivity index (χ3v) is 10.8. The SMILES string of the molecule is Cc1cccc2c1[Si](C)(C)Oc1ccccc1[Si]2(C)C. The summed E-state index contributed by atoms with van der Waals surface area (Å²) in [5.74, 6) is 1.12. The fraction of sp³-hybridized carbons (Fsp3) is 0.294. The Kier molecular flexibility index (Phi) is 2.96. The average Bonchev–Trinajstić information content (AvgIpc) is 2.43. The Morgan fingerprint density at radius 1 is 0.800 bits per heavy atom. The Hall–Kier alpha value is -1.33. The summed E-state index contributed by atoms with van der Waals surface area (Å²) in [4.78, 5) is 0. The van der Waals surface area contributed by atoms with Gasteiger partial charge in [-0.3, -0.25) is 0 Å². The van der Waals surface area contributed by atoms with E-state index in [1.165, 1.54) is 15.9 Å². The van der Waals surface area contributed by atoms with Gasteiger partial charge in [0.25, 0.3) is 8.32 Å². The van der Waals surface area contributed by atoms with Gasteiger partial charge in [-0.1, -0.05) is 54.7 Å². The fourth-order valence-corrected chi connectivity index (χ4v) is 11.0. The van der Waals surface area contributed by atoms with Gasteiger partial charge in [-0.05, 0) is 42.0 Å². The molecule has 0 saturated heterocycles. The molecule has 0 N–H and O–H groups in total. The molecule has 0 aliphatic carbocycles. The summed E-state index contributed by atoms with van der Waals surface area (Å²) in [6.07, 6.45) is 0. The zero-order valence-corrected chi connectivity index (χ0v) is 14.9. The normalized spacial score (nSPS) is 18.4. The molecule has 0 aromatic heterocycles. The lowest BCUT2D eigenvalue weighted by Gasteiger charge is -2.28. The molecule has 0 amide bonds. The van der Waals surface area contributed by atoms with E-state index < -0.39 is 16.4 Å². The first-order chi connectivity index (χ1) is 9.34. The van der Waals surface area contributed by atoms with Crippen molar-refractivity contribution in [2.24, 2.45) is 0 Å². The predicted octanol–water partition coefficient (Wildman–Crippen LogP) is 2.62. The summed E-state index contributed by atoms with van der Waals surface area (Å²) in [6.45, 7) is 11.8. The van der Waals surface area contributed by atoms with Crippen LogP contribution in [0.2, 0.25) is 26.2 Å². The lowest BCUT2D eigenvalue weighted by atomic mass is 10.2. The van der Waals surface area contributed by atoms with Crippen LogP contribution >= 0.6 is 0 Å². The lowest BCUT2D eigenvalue weighted by Crippen LogP contribution is -2.62. The molecule has 104 valence electrons. The highest BCUT2D eigenvalue weighted by molar-refractivity contribution is 7.06. The molecule has 1 aliphatic rings. The van der Waals surface area contributed by atoms with Gasteiger partial charge in [-0.15, -0.1) is 0 Å². The van der Waals surface area contributed by atoms with Gasteiger partial charge in [0.15, 0.2) is 0 Å². The van der Waals surface area contributed by atoms with Gasteiger partial charge in [0.2, 0.25) is 0 Å². The highest BCUT2D eigenvalue weighted by atomic mass is 28.4. The summed E-state index contributed by atoms with van der Waals surface area (Å²) < 4.78 is 6.56. The summed E-state index contributed by atoms with van der Waals surface area (Å²) in [6, 6.07) is 15.4. The minimum Gasteiger partial charge on any atom is -0.540 e. The van der Waals surface area contributed by atoms with Gasteiger partial charge in [0.05, 0.1) is 0 Å². The fourth-order valence-electron chi connectivity index (χ4n) is 3.53. The second kappa shape index (κ2) is 4.33. The number of fused-ring (bicyclic) bond motifs is 2. The van der Waals surface area contributed by atoms with Crippen LogP contribution in [0.3, 0.4) is 0 Å². The number of benzene rings is 2. The van der Waals surface area contributed by atoms with Crippen molar-refractivity contribution in [1.29, 1.82) is 0 Å². The maximum atomic E-state index is 6.56. The second-order valence-electron chi connectivity index (χ2n) is 6.73. The van der Waals surface area contributed by atoms with E-state index in [2.05, 4.69) is 75.6 Å². The molecule has 1 aliphatic heterocycles. The summed E-state index contributed by atoms with van der Waals surface area (Å²) in [5, 5.41) is 4.52. The number of rotatable bonds is 0.